The van der Waals surface area contributed by atoms with Crippen LogP contribution in [0.4, 0.5) is 5.69 Å². The maximum atomic E-state index is 13.5. The number of hydrogen-bond acceptors (Lipinski definition) is 8. The maximum Gasteiger partial charge on any atom is 0.373 e. The zero-order chi connectivity index (χ0) is 27.9. The molecule has 3 aromatic carbocycles. The molecule has 0 spiro atoms. The monoisotopic (exact) mass is 554 g/mol. The van der Waals surface area contributed by atoms with Gasteiger partial charge < -0.3 is 18.6 Å². The van der Waals surface area contributed by atoms with Gasteiger partial charge in [-0.2, -0.15) is 0 Å². The van der Waals surface area contributed by atoms with Gasteiger partial charge in [0.05, 0.1) is 31.4 Å². The first-order valence-corrected chi connectivity index (χ1v) is 13.2. The van der Waals surface area contributed by atoms with E-state index < -0.39 is 5.97 Å². The Morgan fingerprint density at radius 1 is 0.950 bits per heavy atom. The third-order valence-electron chi connectivity index (χ3n) is 5.96. The van der Waals surface area contributed by atoms with Crippen molar-refractivity contribution in [1.82, 2.24) is 4.90 Å². The molecule has 0 aliphatic carbocycles. The molecule has 40 heavy (non-hydrogen) atoms. The molecule has 1 amide bonds. The molecule has 1 aliphatic heterocycles. The third-order valence-corrected chi connectivity index (χ3v) is 6.96. The summed E-state index contributed by atoms with van der Waals surface area (Å²) in [5, 5.41) is 0.614. The lowest BCUT2D eigenvalue weighted by atomic mass is 10.1. The van der Waals surface area contributed by atoms with E-state index in [1.54, 1.807) is 30.2 Å². The number of nitrogens with zero attached hydrogens (tertiary/aromatic N) is 2. The van der Waals surface area contributed by atoms with Crippen LogP contribution in [0.3, 0.4) is 0 Å². The lowest BCUT2D eigenvalue weighted by molar-refractivity contribution is -0.122. The molecule has 0 unspecified atom stereocenters. The van der Waals surface area contributed by atoms with Crippen LogP contribution in [0, 0.1) is 0 Å². The zero-order valence-corrected chi connectivity index (χ0v) is 22.7. The summed E-state index contributed by atoms with van der Waals surface area (Å²) in [6, 6.07) is 28.0. The Balaban J connectivity index is 1.37. The number of amides is 1. The van der Waals surface area contributed by atoms with Crippen molar-refractivity contribution in [1.29, 1.82) is 0 Å². The minimum Gasteiger partial charge on any atom is -0.493 e. The van der Waals surface area contributed by atoms with Crippen LogP contribution in [-0.4, -0.2) is 36.2 Å². The van der Waals surface area contributed by atoms with Crippen molar-refractivity contribution in [3.05, 3.63) is 119 Å². The summed E-state index contributed by atoms with van der Waals surface area (Å²) in [6.07, 6.45) is 1.82. The molecule has 202 valence electrons. The summed E-state index contributed by atoms with van der Waals surface area (Å²) in [5.41, 5.74) is 2.55. The van der Waals surface area contributed by atoms with Crippen LogP contribution in [0.1, 0.15) is 27.4 Å². The SMILES string of the molecule is COC(=O)c1ccc(COc2ccc(/C=C3/SC(=Nc4ccccc4)N(Cc4ccccc4)C3=O)cc2OC)o1. The van der Waals surface area contributed by atoms with Gasteiger partial charge in [0.15, 0.2) is 16.7 Å². The number of amidine groups is 1. The summed E-state index contributed by atoms with van der Waals surface area (Å²) in [4.78, 5) is 32.1. The fraction of sp³-hybridized carbons (Fsp3) is 0.129. The number of carbonyl (C=O) groups is 2. The van der Waals surface area contributed by atoms with Gasteiger partial charge in [0, 0.05) is 0 Å². The number of benzene rings is 3. The molecule has 1 saturated heterocycles. The first kappa shape index (κ1) is 26.8. The molecule has 0 N–H and O–H groups in total. The van der Waals surface area contributed by atoms with Crippen molar-refractivity contribution in [2.75, 3.05) is 14.2 Å². The molecule has 0 bridgehead atoms. The van der Waals surface area contributed by atoms with Crippen molar-refractivity contribution in [3.8, 4) is 11.5 Å². The van der Waals surface area contributed by atoms with E-state index in [9.17, 15) is 9.59 Å². The largest absolute Gasteiger partial charge is 0.493 e. The van der Waals surface area contributed by atoms with E-state index in [4.69, 9.17) is 18.9 Å². The quantitative estimate of drug-likeness (QED) is 0.173. The number of carbonyl (C=O) groups excluding carboxylic acids is 2. The standard InChI is InChI=1S/C31H26N2O6S/c1-36-27-17-22(13-15-25(27)38-20-24-14-16-26(39-24)30(35)37-2)18-28-29(34)33(19-21-9-5-3-6-10-21)31(40-28)32-23-11-7-4-8-12-23/h3-18H,19-20H2,1-2H3/b28-18+,32-31?. The average Bonchev–Trinajstić information content (AvgIpc) is 3.58. The van der Waals surface area contributed by atoms with Crippen LogP contribution in [0.5, 0.6) is 11.5 Å². The Hall–Kier alpha value is -4.76. The fourth-order valence-electron chi connectivity index (χ4n) is 3.97. The van der Waals surface area contributed by atoms with Gasteiger partial charge >= 0.3 is 5.97 Å². The van der Waals surface area contributed by atoms with Crippen LogP contribution in [0.2, 0.25) is 0 Å². The Labute approximate surface area is 235 Å². The topological polar surface area (TPSA) is 90.6 Å². The number of thioether (sulfide) groups is 1. The number of rotatable bonds is 9. The molecule has 1 fully saturated rings. The maximum absolute atomic E-state index is 13.5. The molecule has 1 aliphatic rings. The number of methoxy groups -OCH3 is 2. The highest BCUT2D eigenvalue weighted by atomic mass is 32.2. The Kier molecular flexibility index (Phi) is 8.32. The van der Waals surface area contributed by atoms with Crippen molar-refractivity contribution in [3.63, 3.8) is 0 Å². The smallest absolute Gasteiger partial charge is 0.373 e. The summed E-state index contributed by atoms with van der Waals surface area (Å²) < 4.78 is 21.5. The zero-order valence-electron chi connectivity index (χ0n) is 21.9. The van der Waals surface area contributed by atoms with E-state index in [1.165, 1.54) is 24.9 Å². The molecular weight excluding hydrogens is 528 g/mol. The highest BCUT2D eigenvalue weighted by molar-refractivity contribution is 8.18. The molecule has 5 rings (SSSR count). The minimum atomic E-state index is -0.556. The van der Waals surface area contributed by atoms with E-state index in [1.807, 2.05) is 72.8 Å². The molecule has 4 aromatic rings. The van der Waals surface area contributed by atoms with Gasteiger partial charge in [0.2, 0.25) is 5.76 Å². The van der Waals surface area contributed by atoms with Gasteiger partial charge in [-0.15, -0.1) is 0 Å². The van der Waals surface area contributed by atoms with E-state index in [2.05, 4.69) is 4.74 Å². The predicted molar refractivity (Wildman–Crippen MR) is 153 cm³/mol. The molecule has 0 radical (unpaired) electrons. The molecule has 8 nitrogen and oxygen atoms in total. The third kappa shape index (κ3) is 6.27. The second-order valence-electron chi connectivity index (χ2n) is 8.67. The molecular formula is C31H26N2O6S. The predicted octanol–water partition coefficient (Wildman–Crippen LogP) is 6.46. The van der Waals surface area contributed by atoms with Gasteiger partial charge in [0.25, 0.3) is 5.91 Å². The Morgan fingerprint density at radius 3 is 2.42 bits per heavy atom. The van der Waals surface area contributed by atoms with Crippen molar-refractivity contribution < 1.29 is 28.2 Å². The normalized spacial score (nSPS) is 15.1. The van der Waals surface area contributed by atoms with Crippen LogP contribution in [-0.2, 0) is 22.7 Å². The number of ether oxygens (including phenoxy) is 3. The van der Waals surface area contributed by atoms with Gasteiger partial charge in [-0.3, -0.25) is 9.69 Å². The number of hydrogen-bond donors (Lipinski definition) is 0. The van der Waals surface area contributed by atoms with Crippen LogP contribution < -0.4 is 9.47 Å². The summed E-state index contributed by atoms with van der Waals surface area (Å²) in [7, 11) is 2.83. The van der Waals surface area contributed by atoms with Crippen LogP contribution in [0.25, 0.3) is 6.08 Å². The Bertz CT molecular complexity index is 1560. The number of furan rings is 1. The number of aliphatic imine (C=N–C) groups is 1. The lowest BCUT2D eigenvalue weighted by Gasteiger charge is -2.15. The average molecular weight is 555 g/mol. The number of para-hydroxylation sites is 1. The summed E-state index contributed by atoms with van der Waals surface area (Å²) in [6.45, 7) is 0.506. The van der Waals surface area contributed by atoms with Crippen molar-refractivity contribution >= 4 is 40.6 Å². The van der Waals surface area contributed by atoms with Crippen LogP contribution >= 0.6 is 11.8 Å². The second kappa shape index (κ2) is 12.4. The van der Waals surface area contributed by atoms with Gasteiger partial charge in [0.1, 0.15) is 12.4 Å². The molecule has 1 aromatic heterocycles. The second-order valence-corrected chi connectivity index (χ2v) is 9.68. The van der Waals surface area contributed by atoms with Gasteiger partial charge in [-0.05, 0) is 65.4 Å². The molecule has 9 heteroatoms. The lowest BCUT2D eigenvalue weighted by Crippen LogP contribution is -2.28. The summed E-state index contributed by atoms with van der Waals surface area (Å²) >= 11 is 1.33. The first-order valence-electron chi connectivity index (χ1n) is 12.4. The van der Waals surface area contributed by atoms with Gasteiger partial charge in [-0.25, -0.2) is 9.79 Å². The Morgan fingerprint density at radius 2 is 1.70 bits per heavy atom. The highest BCUT2D eigenvalue weighted by Crippen LogP contribution is 2.37. The number of esters is 1. The van der Waals surface area contributed by atoms with E-state index in [0.29, 0.717) is 33.9 Å². The van der Waals surface area contributed by atoms with Crippen LogP contribution in [0.15, 0.2) is 105 Å². The highest BCUT2D eigenvalue weighted by Gasteiger charge is 2.33. The summed E-state index contributed by atoms with van der Waals surface area (Å²) in [5.74, 6) is 0.865. The minimum absolute atomic E-state index is 0.0931. The van der Waals surface area contributed by atoms with E-state index in [-0.39, 0.29) is 18.3 Å². The molecule has 0 saturated carbocycles. The van der Waals surface area contributed by atoms with Crippen molar-refractivity contribution in [2.24, 2.45) is 4.99 Å². The first-order chi connectivity index (χ1) is 19.5. The fourth-order valence-corrected chi connectivity index (χ4v) is 4.97. The van der Waals surface area contributed by atoms with E-state index >= 15 is 0 Å². The molecule has 0 atom stereocenters. The van der Waals surface area contributed by atoms with E-state index in [0.717, 1.165) is 16.8 Å². The van der Waals surface area contributed by atoms with Gasteiger partial charge in [-0.1, -0.05) is 54.6 Å². The molecule has 2 heterocycles. The van der Waals surface area contributed by atoms with Crippen molar-refractivity contribution in [2.45, 2.75) is 13.2 Å².